The summed E-state index contributed by atoms with van der Waals surface area (Å²) in [5.74, 6) is -0.161. The Labute approximate surface area is 167 Å². The van der Waals surface area contributed by atoms with E-state index in [1.54, 1.807) is 12.1 Å². The minimum atomic E-state index is -0.0804. The van der Waals surface area contributed by atoms with E-state index in [4.69, 9.17) is 0 Å². The second kappa shape index (κ2) is 8.59. The number of ketones is 2. The number of hydrogen-bond acceptors (Lipinski definition) is 4. The Morgan fingerprint density at radius 2 is 1.11 bits per heavy atom. The number of benzene rings is 2. The normalized spacial score (nSPS) is 14.9. The average Bonchev–Trinajstić information content (AvgIpc) is 2.67. The van der Waals surface area contributed by atoms with Gasteiger partial charge < -0.3 is 10.6 Å². The number of rotatable bonds is 8. The standard InChI is InChI=1S/C24H30N2O2/c1-5-9-15(3)25-19-13-14-20(26-16(4)10-6-2)22-21(19)23(27)17-11-7-8-12-18(17)24(22)28/h7-8,11-16,25-26H,5-6,9-10H2,1-4H3. The molecular weight excluding hydrogens is 348 g/mol. The van der Waals surface area contributed by atoms with Crippen LogP contribution in [0.4, 0.5) is 11.4 Å². The molecule has 2 aromatic carbocycles. The summed E-state index contributed by atoms with van der Waals surface area (Å²) < 4.78 is 0. The van der Waals surface area contributed by atoms with Gasteiger partial charge in [-0.1, -0.05) is 51.0 Å². The summed E-state index contributed by atoms with van der Waals surface area (Å²) in [5.41, 5.74) is 3.48. The molecule has 0 amide bonds. The fraction of sp³-hybridized carbons (Fsp3) is 0.417. The molecule has 4 nitrogen and oxygen atoms in total. The molecule has 0 radical (unpaired) electrons. The predicted octanol–water partition coefficient (Wildman–Crippen LogP) is 5.66. The van der Waals surface area contributed by atoms with Gasteiger partial charge in [-0.05, 0) is 38.8 Å². The summed E-state index contributed by atoms with van der Waals surface area (Å²) >= 11 is 0. The maximum atomic E-state index is 13.4. The molecule has 4 heteroatoms. The van der Waals surface area contributed by atoms with Crippen LogP contribution in [0, 0.1) is 0 Å². The molecular formula is C24H30N2O2. The van der Waals surface area contributed by atoms with Crippen LogP contribution in [-0.2, 0) is 0 Å². The summed E-state index contributed by atoms with van der Waals surface area (Å²) in [6.45, 7) is 8.49. The van der Waals surface area contributed by atoms with Crippen LogP contribution in [0.1, 0.15) is 85.2 Å². The first-order valence-corrected chi connectivity index (χ1v) is 10.4. The zero-order valence-electron chi connectivity index (χ0n) is 17.3. The fourth-order valence-corrected chi connectivity index (χ4v) is 4.00. The summed E-state index contributed by atoms with van der Waals surface area (Å²) in [5, 5.41) is 6.92. The van der Waals surface area contributed by atoms with E-state index in [0.717, 1.165) is 37.1 Å². The van der Waals surface area contributed by atoms with Gasteiger partial charge in [-0.25, -0.2) is 0 Å². The Balaban J connectivity index is 2.12. The lowest BCUT2D eigenvalue weighted by atomic mass is 9.82. The van der Waals surface area contributed by atoms with E-state index in [1.807, 2.05) is 24.3 Å². The molecule has 0 saturated heterocycles. The van der Waals surface area contributed by atoms with Crippen LogP contribution in [0.15, 0.2) is 36.4 Å². The van der Waals surface area contributed by atoms with Gasteiger partial charge in [-0.3, -0.25) is 9.59 Å². The lowest BCUT2D eigenvalue weighted by molar-refractivity contribution is 0.0980. The minimum absolute atomic E-state index is 0.0804. The molecule has 0 heterocycles. The van der Waals surface area contributed by atoms with Crippen molar-refractivity contribution in [3.63, 3.8) is 0 Å². The molecule has 148 valence electrons. The maximum Gasteiger partial charge on any atom is 0.196 e. The van der Waals surface area contributed by atoms with Gasteiger partial charge in [0.05, 0.1) is 11.1 Å². The van der Waals surface area contributed by atoms with Gasteiger partial charge in [-0.2, -0.15) is 0 Å². The Bertz CT molecular complexity index is 816. The zero-order chi connectivity index (χ0) is 20.3. The summed E-state index contributed by atoms with van der Waals surface area (Å²) in [6.07, 6.45) is 4.11. The van der Waals surface area contributed by atoms with Gasteiger partial charge in [0.1, 0.15) is 0 Å². The number of fused-ring (bicyclic) bond motifs is 2. The van der Waals surface area contributed by atoms with Crippen molar-refractivity contribution in [2.45, 2.75) is 65.5 Å². The molecule has 2 aromatic rings. The zero-order valence-corrected chi connectivity index (χ0v) is 17.3. The minimum Gasteiger partial charge on any atom is -0.382 e. The second-order valence-electron chi connectivity index (χ2n) is 7.78. The molecule has 0 aromatic heterocycles. The molecule has 0 spiro atoms. The molecule has 3 rings (SSSR count). The first kappa shape index (κ1) is 20.1. The molecule has 2 N–H and O–H groups in total. The Hall–Kier alpha value is -2.62. The fourth-order valence-electron chi connectivity index (χ4n) is 4.00. The lowest BCUT2D eigenvalue weighted by Crippen LogP contribution is -2.27. The largest absolute Gasteiger partial charge is 0.382 e. The van der Waals surface area contributed by atoms with Crippen molar-refractivity contribution in [1.29, 1.82) is 0 Å². The Morgan fingerprint density at radius 1 is 0.714 bits per heavy atom. The van der Waals surface area contributed by atoms with Crippen LogP contribution in [0.3, 0.4) is 0 Å². The van der Waals surface area contributed by atoms with E-state index in [-0.39, 0.29) is 23.7 Å². The van der Waals surface area contributed by atoms with E-state index in [0.29, 0.717) is 22.3 Å². The Morgan fingerprint density at radius 3 is 1.46 bits per heavy atom. The second-order valence-corrected chi connectivity index (χ2v) is 7.78. The smallest absolute Gasteiger partial charge is 0.196 e. The van der Waals surface area contributed by atoms with E-state index < -0.39 is 0 Å². The first-order chi connectivity index (χ1) is 13.5. The van der Waals surface area contributed by atoms with Crippen molar-refractivity contribution in [2.24, 2.45) is 0 Å². The molecule has 28 heavy (non-hydrogen) atoms. The Kier molecular flexibility index (Phi) is 6.18. The van der Waals surface area contributed by atoms with Crippen LogP contribution < -0.4 is 10.6 Å². The number of carbonyl (C=O) groups excluding carboxylic acids is 2. The van der Waals surface area contributed by atoms with Gasteiger partial charge in [0.2, 0.25) is 0 Å². The number of hydrogen-bond donors (Lipinski definition) is 2. The van der Waals surface area contributed by atoms with E-state index in [9.17, 15) is 9.59 Å². The van der Waals surface area contributed by atoms with Gasteiger partial charge in [0, 0.05) is 34.6 Å². The maximum absolute atomic E-state index is 13.4. The van der Waals surface area contributed by atoms with Crippen molar-refractivity contribution in [3.05, 3.63) is 58.7 Å². The predicted molar refractivity (Wildman–Crippen MR) is 116 cm³/mol. The highest BCUT2D eigenvalue weighted by Crippen LogP contribution is 2.37. The van der Waals surface area contributed by atoms with Crippen molar-refractivity contribution >= 4 is 22.9 Å². The summed E-state index contributed by atoms with van der Waals surface area (Å²) in [6, 6.07) is 11.4. The van der Waals surface area contributed by atoms with Gasteiger partial charge >= 0.3 is 0 Å². The number of carbonyl (C=O) groups is 2. The SMILES string of the molecule is CCCC(C)Nc1ccc(NC(C)CCC)c2c1C(=O)c1ccccc1C2=O. The van der Waals surface area contributed by atoms with Crippen LogP contribution >= 0.6 is 0 Å². The highest BCUT2D eigenvalue weighted by molar-refractivity contribution is 6.31. The third-order valence-electron chi connectivity index (χ3n) is 5.32. The molecule has 2 atom stereocenters. The van der Waals surface area contributed by atoms with E-state index in [2.05, 4.69) is 38.3 Å². The highest BCUT2D eigenvalue weighted by Gasteiger charge is 2.34. The van der Waals surface area contributed by atoms with E-state index in [1.165, 1.54) is 0 Å². The highest BCUT2D eigenvalue weighted by atomic mass is 16.1. The lowest BCUT2D eigenvalue weighted by Gasteiger charge is -2.26. The summed E-state index contributed by atoms with van der Waals surface area (Å²) in [4.78, 5) is 26.7. The monoisotopic (exact) mass is 378 g/mol. The molecule has 0 aliphatic heterocycles. The quantitative estimate of drug-likeness (QED) is 0.531. The average molecular weight is 379 g/mol. The van der Waals surface area contributed by atoms with Crippen LogP contribution in [0.5, 0.6) is 0 Å². The third-order valence-corrected chi connectivity index (χ3v) is 5.32. The molecule has 1 aliphatic rings. The number of nitrogens with one attached hydrogen (secondary N) is 2. The number of anilines is 2. The van der Waals surface area contributed by atoms with Gasteiger partial charge in [0.25, 0.3) is 0 Å². The molecule has 0 fully saturated rings. The molecule has 0 bridgehead atoms. The van der Waals surface area contributed by atoms with Crippen LogP contribution in [-0.4, -0.2) is 23.7 Å². The van der Waals surface area contributed by atoms with Gasteiger partial charge in [0.15, 0.2) is 11.6 Å². The molecule has 1 aliphatic carbocycles. The van der Waals surface area contributed by atoms with E-state index >= 15 is 0 Å². The van der Waals surface area contributed by atoms with Crippen LogP contribution in [0.2, 0.25) is 0 Å². The van der Waals surface area contributed by atoms with Gasteiger partial charge in [-0.15, -0.1) is 0 Å². The first-order valence-electron chi connectivity index (χ1n) is 10.4. The van der Waals surface area contributed by atoms with Crippen molar-refractivity contribution < 1.29 is 9.59 Å². The van der Waals surface area contributed by atoms with Crippen molar-refractivity contribution in [1.82, 2.24) is 0 Å². The summed E-state index contributed by atoms with van der Waals surface area (Å²) in [7, 11) is 0. The molecule has 2 unspecified atom stereocenters. The van der Waals surface area contributed by atoms with Crippen molar-refractivity contribution in [3.8, 4) is 0 Å². The topological polar surface area (TPSA) is 58.2 Å². The van der Waals surface area contributed by atoms with Crippen LogP contribution in [0.25, 0.3) is 0 Å². The molecule has 0 saturated carbocycles. The van der Waals surface area contributed by atoms with Crippen molar-refractivity contribution in [2.75, 3.05) is 10.6 Å². The third kappa shape index (κ3) is 3.82.